The van der Waals surface area contributed by atoms with Crippen LogP contribution in [0.15, 0.2) is 0 Å². The molecule has 4 bridgehead atoms. The fourth-order valence-electron chi connectivity index (χ4n) is 11.8. The van der Waals surface area contributed by atoms with Crippen LogP contribution >= 0.6 is 0 Å². The number of alkyl halides is 5. The molecule has 8 atom stereocenters. The van der Waals surface area contributed by atoms with E-state index in [1.165, 1.54) is 0 Å². The molecular formula is C39H47F5N8O4. The van der Waals surface area contributed by atoms with E-state index in [1.54, 1.807) is 11.8 Å². The van der Waals surface area contributed by atoms with Gasteiger partial charge in [-0.05, 0) is 86.4 Å². The lowest BCUT2D eigenvalue weighted by molar-refractivity contribution is -0.142. The molecule has 10 aliphatic rings. The molecule has 6 aliphatic heterocycles. The van der Waals surface area contributed by atoms with E-state index in [4.69, 9.17) is 9.97 Å². The van der Waals surface area contributed by atoms with Crippen LogP contribution in [0.2, 0.25) is 0 Å². The van der Waals surface area contributed by atoms with E-state index in [0.717, 1.165) is 12.8 Å². The van der Waals surface area contributed by atoms with Gasteiger partial charge in [-0.25, -0.2) is 14.4 Å². The Morgan fingerprint density at radius 1 is 0.696 bits per heavy atom. The fourth-order valence-corrected chi connectivity index (χ4v) is 11.8. The van der Waals surface area contributed by atoms with Crippen molar-refractivity contribution >= 4 is 35.5 Å². The van der Waals surface area contributed by atoms with Crippen molar-refractivity contribution < 1.29 is 41.8 Å². The first kappa shape index (κ1) is 36.3. The third kappa shape index (κ3) is 5.78. The second kappa shape index (κ2) is 12.7. The van der Waals surface area contributed by atoms with Crippen molar-refractivity contribution in [2.75, 3.05) is 65.4 Å². The smallest absolute Gasteiger partial charge is 0.303 e. The second-order valence-corrected chi connectivity index (χ2v) is 18.2. The van der Waals surface area contributed by atoms with Crippen LogP contribution in [-0.2, 0) is 34.3 Å². The van der Waals surface area contributed by atoms with Gasteiger partial charge in [0.05, 0.1) is 12.6 Å². The van der Waals surface area contributed by atoms with Gasteiger partial charge in [0.15, 0.2) is 0 Å². The van der Waals surface area contributed by atoms with Gasteiger partial charge < -0.3 is 29.8 Å². The van der Waals surface area contributed by atoms with Crippen LogP contribution in [0.3, 0.4) is 0 Å². The summed E-state index contributed by atoms with van der Waals surface area (Å²) in [7, 11) is 0. The van der Waals surface area contributed by atoms with Crippen molar-refractivity contribution in [2.24, 2.45) is 47.3 Å². The predicted octanol–water partition coefficient (Wildman–Crippen LogP) is 5.13. The minimum Gasteiger partial charge on any atom is -0.481 e. The number of halogens is 5. The maximum atomic E-state index is 16.5. The first-order valence-corrected chi connectivity index (χ1v) is 20.3. The van der Waals surface area contributed by atoms with Gasteiger partial charge in [-0.1, -0.05) is 0 Å². The van der Waals surface area contributed by atoms with E-state index in [9.17, 15) is 24.2 Å². The molecule has 2 aromatic heterocycles. The standard InChI is InChI=1S/C39H47F5N8O4/c1-18-29(40)17-52(18)37-46-33-28(35(48-37)51-15-23-7-24(16-51)27(23)10-31(55)56)8-20(11-39(33,43)44)19-3-5-49(12-19)36-45-32-25(2-4-38(32,41)42)34(47-36)50-13-21-6-22(14-50)26(21)9-30(53)54/h18-24,26-27,29H,2-17H2,1H3,(H,53,54)(H,55,56). The fraction of sp³-hybridized carbons (Fsp3) is 0.744. The number of rotatable bonds is 9. The summed E-state index contributed by atoms with van der Waals surface area (Å²) < 4.78 is 78.0. The SMILES string of the molecule is CC1C(F)CN1c1nc(N2CC3CC(C2)C3CC(=O)O)c2c(n1)C(F)(F)CC(C1CCN(c3nc(N4CC5CC(C4)C5CC(=O)O)c4c(n3)C(F)(F)CC4)C1)C2. The average Bonchev–Trinajstić information content (AvgIpc) is 3.78. The normalized spacial score (nSPS) is 36.0. The summed E-state index contributed by atoms with van der Waals surface area (Å²) in [4.78, 5) is 49.2. The predicted molar refractivity (Wildman–Crippen MR) is 193 cm³/mol. The topological polar surface area (TPSA) is 139 Å². The maximum absolute atomic E-state index is 16.5. The molecule has 0 spiro atoms. The molecule has 8 fully saturated rings. The Bertz CT molecular complexity index is 1950. The van der Waals surface area contributed by atoms with E-state index in [2.05, 4.69) is 9.97 Å². The lowest BCUT2D eigenvalue weighted by Gasteiger charge is -2.54. The summed E-state index contributed by atoms with van der Waals surface area (Å²) >= 11 is 0. The largest absolute Gasteiger partial charge is 0.481 e. The molecule has 12 rings (SSSR count). The van der Waals surface area contributed by atoms with Gasteiger partial charge in [0.25, 0.3) is 11.8 Å². The van der Waals surface area contributed by atoms with Gasteiger partial charge in [0, 0.05) is 76.1 Å². The summed E-state index contributed by atoms with van der Waals surface area (Å²) in [5.74, 6) is -6.88. The number of nitrogens with zero attached hydrogens (tertiary/aromatic N) is 8. The molecule has 8 unspecified atom stereocenters. The molecule has 0 radical (unpaired) electrons. The maximum Gasteiger partial charge on any atom is 0.303 e. The highest BCUT2D eigenvalue weighted by Crippen LogP contribution is 2.54. The summed E-state index contributed by atoms with van der Waals surface area (Å²) in [5.41, 5.74) is 0.243. The molecule has 8 heterocycles. The number of fused-ring (bicyclic) bond motifs is 6. The molecular weight excluding hydrogens is 739 g/mol. The molecule has 2 saturated carbocycles. The highest BCUT2D eigenvalue weighted by molar-refractivity contribution is 5.68. The van der Waals surface area contributed by atoms with Gasteiger partial charge >= 0.3 is 11.9 Å². The Morgan fingerprint density at radius 2 is 1.23 bits per heavy atom. The number of carboxylic acids is 2. The zero-order valence-corrected chi connectivity index (χ0v) is 31.3. The van der Waals surface area contributed by atoms with Gasteiger partial charge in [-0.15, -0.1) is 0 Å². The van der Waals surface area contributed by atoms with Crippen LogP contribution < -0.4 is 19.6 Å². The molecule has 2 N–H and O–H groups in total. The van der Waals surface area contributed by atoms with Crippen molar-refractivity contribution in [3.8, 4) is 0 Å². The lowest BCUT2D eigenvalue weighted by Crippen LogP contribution is -2.58. The third-order valence-corrected chi connectivity index (χ3v) is 15.0. The molecule has 6 saturated heterocycles. The number of hydrogen-bond acceptors (Lipinski definition) is 10. The zero-order chi connectivity index (χ0) is 39.0. The van der Waals surface area contributed by atoms with Crippen LogP contribution in [-0.4, -0.2) is 100 Å². The van der Waals surface area contributed by atoms with Crippen molar-refractivity contribution in [3.63, 3.8) is 0 Å². The van der Waals surface area contributed by atoms with Gasteiger partial charge in [0.1, 0.15) is 29.2 Å². The Hall–Kier alpha value is -4.05. The van der Waals surface area contributed by atoms with Gasteiger partial charge in [-0.2, -0.15) is 27.5 Å². The van der Waals surface area contributed by atoms with Crippen LogP contribution in [0.1, 0.15) is 74.4 Å². The van der Waals surface area contributed by atoms with Crippen LogP contribution in [0, 0.1) is 47.3 Å². The minimum absolute atomic E-state index is 0.0278. The molecule has 0 aromatic carbocycles. The monoisotopic (exact) mass is 786 g/mol. The number of carbonyl (C=O) groups is 2. The summed E-state index contributed by atoms with van der Waals surface area (Å²) in [6.07, 6.45) is 1.09. The number of carboxylic acid groups (broad SMARTS) is 2. The van der Waals surface area contributed by atoms with Crippen molar-refractivity contribution in [1.82, 2.24) is 19.9 Å². The van der Waals surface area contributed by atoms with Crippen molar-refractivity contribution in [2.45, 2.75) is 88.8 Å². The van der Waals surface area contributed by atoms with Crippen LogP contribution in [0.5, 0.6) is 0 Å². The number of piperidine rings is 4. The highest BCUT2D eigenvalue weighted by Gasteiger charge is 2.53. The van der Waals surface area contributed by atoms with Crippen molar-refractivity contribution in [3.05, 3.63) is 22.5 Å². The Kier molecular flexibility index (Phi) is 8.25. The van der Waals surface area contributed by atoms with E-state index >= 15 is 17.6 Å². The van der Waals surface area contributed by atoms with E-state index in [1.807, 2.05) is 14.7 Å². The highest BCUT2D eigenvalue weighted by atomic mass is 19.3. The van der Waals surface area contributed by atoms with E-state index in [-0.39, 0.29) is 96.9 Å². The molecule has 12 nitrogen and oxygen atoms in total. The summed E-state index contributed by atoms with van der Waals surface area (Å²) in [6.45, 7) is 4.59. The Labute approximate surface area is 320 Å². The Morgan fingerprint density at radius 3 is 1.80 bits per heavy atom. The number of hydrogen-bond donors (Lipinski definition) is 2. The van der Waals surface area contributed by atoms with Crippen LogP contribution in [0.25, 0.3) is 0 Å². The molecule has 4 aliphatic carbocycles. The lowest BCUT2D eigenvalue weighted by atomic mass is 9.60. The van der Waals surface area contributed by atoms with Gasteiger partial charge in [0.2, 0.25) is 11.9 Å². The number of aromatic nitrogens is 4. The second-order valence-electron chi connectivity index (χ2n) is 18.2. The van der Waals surface area contributed by atoms with E-state index in [0.29, 0.717) is 74.9 Å². The van der Waals surface area contributed by atoms with E-state index < -0.39 is 48.3 Å². The first-order chi connectivity index (χ1) is 26.6. The average molecular weight is 787 g/mol. The minimum atomic E-state index is -3.29. The number of anilines is 4. The summed E-state index contributed by atoms with van der Waals surface area (Å²) in [6, 6.07) is -0.540. The molecule has 0 amide bonds. The quantitative estimate of drug-likeness (QED) is 0.326. The Balaban J connectivity index is 0.921. The van der Waals surface area contributed by atoms with Crippen molar-refractivity contribution in [1.29, 1.82) is 0 Å². The van der Waals surface area contributed by atoms with Gasteiger partial charge in [-0.3, -0.25) is 9.59 Å². The first-order valence-electron chi connectivity index (χ1n) is 20.3. The van der Waals surface area contributed by atoms with Crippen LogP contribution in [0.4, 0.5) is 45.5 Å². The molecule has 17 heteroatoms. The molecule has 56 heavy (non-hydrogen) atoms. The summed E-state index contributed by atoms with van der Waals surface area (Å²) in [5, 5.41) is 18.9. The molecule has 302 valence electrons. The zero-order valence-electron chi connectivity index (χ0n) is 31.3. The third-order valence-electron chi connectivity index (χ3n) is 15.0. The molecule has 2 aromatic rings. The number of aliphatic carboxylic acids is 2.